The van der Waals surface area contributed by atoms with Crippen molar-refractivity contribution >= 4 is 38.7 Å². The number of hydrogen-bond donors (Lipinski definition) is 2. The number of nitrogens with one attached hydrogen (secondary N) is 2. The largest absolute Gasteiger partial charge is 0.321 e. The predicted molar refractivity (Wildman–Crippen MR) is 112 cm³/mol. The lowest BCUT2D eigenvalue weighted by atomic mass is 10.1. The summed E-state index contributed by atoms with van der Waals surface area (Å²) >= 11 is 1.40. The van der Waals surface area contributed by atoms with Crippen LogP contribution < -0.4 is 10.1 Å². The zero-order chi connectivity index (χ0) is 21.0. The summed E-state index contributed by atoms with van der Waals surface area (Å²) in [6, 6.07) is 15.0. The molecule has 6 nitrogen and oxygen atoms in total. The Hall–Kier alpha value is -3.04. The van der Waals surface area contributed by atoms with Crippen LogP contribution in [0.3, 0.4) is 0 Å². The molecule has 1 aromatic heterocycles. The summed E-state index contributed by atoms with van der Waals surface area (Å²) in [6.45, 7) is 3.56. The quantitative estimate of drug-likeness (QED) is 0.454. The van der Waals surface area contributed by atoms with Gasteiger partial charge in [-0.05, 0) is 67.9 Å². The molecule has 3 aromatic rings. The van der Waals surface area contributed by atoms with E-state index in [1.165, 1.54) is 11.3 Å². The average Bonchev–Trinajstić information content (AvgIpc) is 3.13. The van der Waals surface area contributed by atoms with E-state index in [9.17, 15) is 17.6 Å². The van der Waals surface area contributed by atoms with E-state index in [0.717, 1.165) is 29.1 Å². The molecule has 3 rings (SSSR count). The Kier molecular flexibility index (Phi) is 6.09. The maximum Gasteiger partial charge on any atom is 0.276 e. The lowest BCUT2D eigenvalue weighted by Crippen LogP contribution is -2.20. The number of hydrogen-bond acceptors (Lipinski definition) is 5. The summed E-state index contributed by atoms with van der Waals surface area (Å²) in [4.78, 5) is 16.0. The number of sulfonamides is 1. The Morgan fingerprint density at radius 2 is 1.79 bits per heavy atom. The number of rotatable bonds is 6. The number of aryl methyl sites for hydroxylation is 1. The third kappa shape index (κ3) is 5.27. The van der Waals surface area contributed by atoms with Crippen LogP contribution in [0.5, 0.6) is 0 Å². The molecule has 0 aliphatic heterocycles. The number of carbonyl (C=O) groups is 1. The molecule has 9 heteroatoms. The van der Waals surface area contributed by atoms with E-state index in [0.29, 0.717) is 21.8 Å². The van der Waals surface area contributed by atoms with Crippen LogP contribution >= 0.6 is 11.3 Å². The van der Waals surface area contributed by atoms with Crippen LogP contribution in [0.2, 0.25) is 0 Å². The number of halogens is 1. The Morgan fingerprint density at radius 1 is 1.07 bits per heavy atom. The summed E-state index contributed by atoms with van der Waals surface area (Å²) in [6.07, 6.45) is 0. The van der Waals surface area contributed by atoms with Crippen molar-refractivity contribution in [3.05, 3.63) is 81.8 Å². The molecule has 150 valence electrons. The number of hydrazone groups is 1. The molecule has 0 aliphatic carbocycles. The van der Waals surface area contributed by atoms with Crippen LogP contribution in [0.4, 0.5) is 10.1 Å². The predicted octanol–water partition coefficient (Wildman–Crippen LogP) is 4.15. The van der Waals surface area contributed by atoms with Gasteiger partial charge in [0.25, 0.3) is 15.9 Å². The van der Waals surface area contributed by atoms with Gasteiger partial charge in [-0.3, -0.25) is 4.79 Å². The molecule has 2 aromatic carbocycles. The molecular weight excluding hydrogens is 413 g/mol. The SMILES string of the molecule is C/C(=N\NS(=O)(=O)c1ccc(F)cc1)c1cccc(NC(=O)c2ccc(C)s2)c1. The second kappa shape index (κ2) is 8.54. The maximum absolute atomic E-state index is 13.0. The molecule has 0 spiro atoms. The van der Waals surface area contributed by atoms with Gasteiger partial charge in [-0.15, -0.1) is 11.3 Å². The molecule has 1 heterocycles. The molecule has 0 radical (unpaired) electrons. The van der Waals surface area contributed by atoms with Crippen LogP contribution in [0, 0.1) is 12.7 Å². The third-order valence-corrected chi connectivity index (χ3v) is 6.18. The summed E-state index contributed by atoms with van der Waals surface area (Å²) in [5.74, 6) is -0.743. The lowest BCUT2D eigenvalue weighted by molar-refractivity contribution is 0.103. The minimum atomic E-state index is -3.92. The summed E-state index contributed by atoms with van der Waals surface area (Å²) in [5.41, 5.74) is 1.60. The first-order chi connectivity index (χ1) is 13.7. The van der Waals surface area contributed by atoms with E-state index in [1.54, 1.807) is 37.3 Å². The van der Waals surface area contributed by atoms with Gasteiger partial charge in [-0.2, -0.15) is 18.4 Å². The second-order valence-electron chi connectivity index (χ2n) is 6.19. The molecule has 29 heavy (non-hydrogen) atoms. The van der Waals surface area contributed by atoms with Crippen LogP contribution in [0.1, 0.15) is 27.0 Å². The van der Waals surface area contributed by atoms with Crippen LogP contribution in [0.15, 0.2) is 70.7 Å². The van der Waals surface area contributed by atoms with Gasteiger partial charge in [-0.1, -0.05) is 12.1 Å². The highest BCUT2D eigenvalue weighted by Gasteiger charge is 2.13. The highest BCUT2D eigenvalue weighted by molar-refractivity contribution is 7.89. The van der Waals surface area contributed by atoms with Crippen molar-refractivity contribution in [2.75, 3.05) is 5.32 Å². The molecular formula is C20H18FN3O3S2. The molecule has 1 amide bonds. The van der Waals surface area contributed by atoms with Crippen LogP contribution in [0.25, 0.3) is 0 Å². The molecule has 0 atom stereocenters. The zero-order valence-electron chi connectivity index (χ0n) is 15.6. The normalized spacial score (nSPS) is 11.9. The second-order valence-corrected chi connectivity index (χ2v) is 9.14. The van der Waals surface area contributed by atoms with Crippen LogP contribution in [-0.4, -0.2) is 20.0 Å². The van der Waals surface area contributed by atoms with Gasteiger partial charge in [0, 0.05) is 10.6 Å². The molecule has 0 fully saturated rings. The van der Waals surface area contributed by atoms with E-state index in [1.807, 2.05) is 13.0 Å². The Labute approximate surface area is 172 Å². The van der Waals surface area contributed by atoms with Gasteiger partial charge in [0.1, 0.15) is 5.82 Å². The number of anilines is 1. The first kappa shape index (κ1) is 20.7. The van der Waals surface area contributed by atoms with Gasteiger partial charge >= 0.3 is 0 Å². The highest BCUT2D eigenvalue weighted by Crippen LogP contribution is 2.18. The van der Waals surface area contributed by atoms with Gasteiger partial charge in [0.05, 0.1) is 15.5 Å². The van der Waals surface area contributed by atoms with Gasteiger partial charge in [-0.25, -0.2) is 4.39 Å². The van der Waals surface area contributed by atoms with Gasteiger partial charge in [0.15, 0.2) is 0 Å². The number of nitrogens with zero attached hydrogens (tertiary/aromatic N) is 1. The van der Waals surface area contributed by atoms with Crippen molar-refractivity contribution in [1.82, 2.24) is 4.83 Å². The number of thiophene rings is 1. The maximum atomic E-state index is 13.0. The molecule has 0 saturated carbocycles. The topological polar surface area (TPSA) is 87.6 Å². The van der Waals surface area contributed by atoms with Crippen molar-refractivity contribution in [1.29, 1.82) is 0 Å². The average molecular weight is 432 g/mol. The number of benzene rings is 2. The smallest absolute Gasteiger partial charge is 0.276 e. The van der Waals surface area contributed by atoms with E-state index < -0.39 is 15.8 Å². The first-order valence-electron chi connectivity index (χ1n) is 8.54. The lowest BCUT2D eigenvalue weighted by Gasteiger charge is -2.08. The van der Waals surface area contributed by atoms with Gasteiger partial charge < -0.3 is 5.32 Å². The van der Waals surface area contributed by atoms with Crippen molar-refractivity contribution in [3.63, 3.8) is 0 Å². The van der Waals surface area contributed by atoms with E-state index in [4.69, 9.17) is 0 Å². The van der Waals surface area contributed by atoms with E-state index >= 15 is 0 Å². The van der Waals surface area contributed by atoms with Crippen molar-refractivity contribution in [2.45, 2.75) is 18.7 Å². The molecule has 2 N–H and O–H groups in total. The number of amides is 1. The van der Waals surface area contributed by atoms with E-state index in [2.05, 4.69) is 15.2 Å². The first-order valence-corrected chi connectivity index (χ1v) is 10.8. The van der Waals surface area contributed by atoms with Crippen molar-refractivity contribution in [3.8, 4) is 0 Å². The minimum Gasteiger partial charge on any atom is -0.321 e. The van der Waals surface area contributed by atoms with Crippen LogP contribution in [-0.2, 0) is 10.0 Å². The summed E-state index contributed by atoms with van der Waals surface area (Å²) in [5, 5.41) is 6.73. The fraction of sp³-hybridized carbons (Fsp3) is 0.100. The molecule has 0 saturated heterocycles. The monoisotopic (exact) mass is 431 g/mol. The summed E-state index contributed by atoms with van der Waals surface area (Å²) < 4.78 is 37.5. The Morgan fingerprint density at radius 3 is 2.45 bits per heavy atom. The highest BCUT2D eigenvalue weighted by atomic mass is 32.2. The minimum absolute atomic E-state index is 0.0947. The van der Waals surface area contributed by atoms with Crippen molar-refractivity contribution in [2.24, 2.45) is 5.10 Å². The standard InChI is InChI=1S/C20H18FN3O3S2/c1-13-6-11-19(28-13)20(25)22-17-5-3-4-15(12-17)14(2)23-24-29(26,27)18-9-7-16(21)8-10-18/h3-12,24H,1-2H3,(H,22,25)/b23-14+. The molecule has 0 aliphatic rings. The molecule has 0 unspecified atom stereocenters. The van der Waals surface area contributed by atoms with Gasteiger partial charge in [0.2, 0.25) is 0 Å². The fourth-order valence-corrected chi connectivity index (χ4v) is 4.05. The Balaban J connectivity index is 1.73. The zero-order valence-corrected chi connectivity index (χ0v) is 17.3. The third-order valence-electron chi connectivity index (χ3n) is 3.96. The van der Waals surface area contributed by atoms with E-state index in [-0.39, 0.29) is 10.8 Å². The van der Waals surface area contributed by atoms with Crippen molar-refractivity contribution < 1.29 is 17.6 Å². The fourth-order valence-electron chi connectivity index (χ4n) is 2.43. The Bertz CT molecular complexity index is 1170. The number of carbonyl (C=O) groups excluding carboxylic acids is 1. The molecule has 0 bridgehead atoms. The summed E-state index contributed by atoms with van der Waals surface area (Å²) in [7, 11) is -3.92.